The minimum atomic E-state index is -0.00986. The molecular formula is C9H8O4. The van der Waals surface area contributed by atoms with Gasteiger partial charge in [-0.15, -0.1) is 0 Å². The van der Waals surface area contributed by atoms with E-state index in [1.54, 1.807) is 6.07 Å². The summed E-state index contributed by atoms with van der Waals surface area (Å²) in [7, 11) is 1.42. The van der Waals surface area contributed by atoms with Gasteiger partial charge in [-0.05, 0) is 12.1 Å². The normalized spacial score (nSPS) is 10.5. The molecule has 1 aromatic carbocycles. The highest BCUT2D eigenvalue weighted by molar-refractivity contribution is 5.90. The van der Waals surface area contributed by atoms with Gasteiger partial charge in [0.25, 0.3) is 0 Å². The van der Waals surface area contributed by atoms with E-state index < -0.39 is 0 Å². The van der Waals surface area contributed by atoms with Crippen molar-refractivity contribution >= 4 is 11.0 Å². The lowest BCUT2D eigenvalue weighted by atomic mass is 10.2. The molecule has 0 saturated carbocycles. The Morgan fingerprint density at radius 3 is 2.69 bits per heavy atom. The first-order valence-corrected chi connectivity index (χ1v) is 3.70. The molecule has 0 saturated heterocycles. The summed E-state index contributed by atoms with van der Waals surface area (Å²) in [5.41, 5.74) is 0.347. The number of phenolic OH excluding ortho intramolecular Hbond substituents is 1. The number of methoxy groups -OCH3 is 1. The Hall–Kier alpha value is -1.84. The predicted molar refractivity (Wildman–Crippen MR) is 46.1 cm³/mol. The topological polar surface area (TPSA) is 62.8 Å². The quantitative estimate of drug-likeness (QED) is 0.703. The predicted octanol–water partition coefficient (Wildman–Crippen LogP) is 1.85. The van der Waals surface area contributed by atoms with E-state index in [0.717, 1.165) is 0 Å². The Kier molecular flexibility index (Phi) is 1.55. The Morgan fingerprint density at radius 1 is 1.23 bits per heavy atom. The maximum Gasteiger partial charge on any atom is 0.204 e. The van der Waals surface area contributed by atoms with Gasteiger partial charge in [0.05, 0.1) is 12.5 Å². The molecule has 2 rings (SSSR count). The van der Waals surface area contributed by atoms with Crippen molar-refractivity contribution < 1.29 is 19.4 Å². The molecule has 0 radical (unpaired) electrons. The van der Waals surface area contributed by atoms with E-state index in [2.05, 4.69) is 0 Å². The second kappa shape index (κ2) is 2.58. The van der Waals surface area contributed by atoms with Gasteiger partial charge >= 0.3 is 0 Å². The van der Waals surface area contributed by atoms with Crippen LogP contribution in [0, 0.1) is 0 Å². The second-order valence-electron chi connectivity index (χ2n) is 2.62. The number of aromatic hydroxyl groups is 2. The van der Waals surface area contributed by atoms with Gasteiger partial charge in [-0.25, -0.2) is 0 Å². The molecule has 4 heteroatoms. The standard InChI is InChI=1S/C9H8O4/c1-12-9-6(10)3-2-5-7(11)4-13-8(5)9/h2-4,10-11H,1H3. The monoisotopic (exact) mass is 180 g/mol. The van der Waals surface area contributed by atoms with Crippen LogP contribution in [0.5, 0.6) is 17.2 Å². The molecule has 0 fully saturated rings. The molecule has 0 bridgehead atoms. The molecule has 0 amide bonds. The summed E-state index contributed by atoms with van der Waals surface area (Å²) < 4.78 is 9.93. The molecule has 2 aromatic rings. The first kappa shape index (κ1) is 7.79. The smallest absolute Gasteiger partial charge is 0.204 e. The number of ether oxygens (including phenoxy) is 1. The third kappa shape index (κ3) is 0.989. The summed E-state index contributed by atoms with van der Waals surface area (Å²) >= 11 is 0. The van der Waals surface area contributed by atoms with E-state index in [0.29, 0.717) is 11.0 Å². The maximum atomic E-state index is 9.35. The molecule has 0 atom stereocenters. The average molecular weight is 180 g/mol. The van der Waals surface area contributed by atoms with Crippen LogP contribution >= 0.6 is 0 Å². The van der Waals surface area contributed by atoms with Gasteiger partial charge in [-0.2, -0.15) is 0 Å². The number of rotatable bonds is 1. The number of furan rings is 1. The van der Waals surface area contributed by atoms with Crippen LogP contribution in [0.2, 0.25) is 0 Å². The second-order valence-corrected chi connectivity index (χ2v) is 2.62. The number of phenols is 1. The van der Waals surface area contributed by atoms with Gasteiger partial charge in [-0.1, -0.05) is 0 Å². The highest BCUT2D eigenvalue weighted by Gasteiger charge is 2.13. The van der Waals surface area contributed by atoms with Crippen LogP contribution in [0.1, 0.15) is 0 Å². The van der Waals surface area contributed by atoms with Crippen LogP contribution in [0.25, 0.3) is 11.0 Å². The number of benzene rings is 1. The Morgan fingerprint density at radius 2 is 2.00 bits per heavy atom. The highest BCUT2D eigenvalue weighted by Crippen LogP contribution is 2.39. The molecular weight excluding hydrogens is 172 g/mol. The van der Waals surface area contributed by atoms with Crippen molar-refractivity contribution in [2.45, 2.75) is 0 Å². The lowest BCUT2D eigenvalue weighted by Crippen LogP contribution is -1.83. The summed E-state index contributed by atoms with van der Waals surface area (Å²) in [6.45, 7) is 0. The van der Waals surface area contributed by atoms with Crippen molar-refractivity contribution in [1.82, 2.24) is 0 Å². The largest absolute Gasteiger partial charge is 0.504 e. The fourth-order valence-corrected chi connectivity index (χ4v) is 1.25. The van der Waals surface area contributed by atoms with Gasteiger partial charge in [0.15, 0.2) is 17.1 Å². The van der Waals surface area contributed by atoms with E-state index >= 15 is 0 Å². The van der Waals surface area contributed by atoms with Crippen molar-refractivity contribution in [3.63, 3.8) is 0 Å². The Bertz CT molecular complexity index is 444. The number of hydrogen-bond donors (Lipinski definition) is 2. The maximum absolute atomic E-state index is 9.35. The van der Waals surface area contributed by atoms with Crippen molar-refractivity contribution in [2.75, 3.05) is 7.11 Å². The fraction of sp³-hybridized carbons (Fsp3) is 0.111. The molecule has 68 valence electrons. The van der Waals surface area contributed by atoms with E-state index in [9.17, 15) is 10.2 Å². The van der Waals surface area contributed by atoms with Crippen LogP contribution in [-0.2, 0) is 0 Å². The molecule has 0 aliphatic heterocycles. The lowest BCUT2D eigenvalue weighted by molar-refractivity contribution is 0.371. The molecule has 2 N–H and O–H groups in total. The molecule has 1 aromatic heterocycles. The SMILES string of the molecule is COc1c(O)ccc2c(O)coc12. The van der Waals surface area contributed by atoms with Gasteiger partial charge in [-0.3, -0.25) is 0 Å². The highest BCUT2D eigenvalue weighted by atomic mass is 16.5. The zero-order chi connectivity index (χ0) is 9.42. The summed E-state index contributed by atoms with van der Waals surface area (Å²) in [4.78, 5) is 0. The summed E-state index contributed by atoms with van der Waals surface area (Å²) in [6, 6.07) is 3.00. The average Bonchev–Trinajstić information content (AvgIpc) is 2.48. The van der Waals surface area contributed by atoms with E-state index in [1.807, 2.05) is 0 Å². The van der Waals surface area contributed by atoms with E-state index in [-0.39, 0.29) is 17.2 Å². The minimum Gasteiger partial charge on any atom is -0.504 e. The zero-order valence-corrected chi connectivity index (χ0v) is 6.94. The van der Waals surface area contributed by atoms with Crippen molar-refractivity contribution in [3.05, 3.63) is 18.4 Å². The Balaban J connectivity index is 2.85. The first-order valence-electron chi connectivity index (χ1n) is 3.70. The Labute approximate surface area is 74.0 Å². The van der Waals surface area contributed by atoms with Gasteiger partial charge < -0.3 is 19.4 Å². The number of hydrogen-bond acceptors (Lipinski definition) is 4. The minimum absolute atomic E-state index is 0.00986. The molecule has 1 heterocycles. The van der Waals surface area contributed by atoms with Crippen molar-refractivity contribution in [1.29, 1.82) is 0 Å². The van der Waals surface area contributed by atoms with Crippen LogP contribution in [-0.4, -0.2) is 17.3 Å². The molecule has 4 nitrogen and oxygen atoms in total. The summed E-state index contributed by atoms with van der Waals surface area (Å²) in [5.74, 6) is 0.260. The molecule has 0 unspecified atom stereocenters. The summed E-state index contributed by atoms with van der Waals surface area (Å²) in [6.07, 6.45) is 1.20. The molecule has 0 aliphatic rings. The molecule has 0 aliphatic carbocycles. The zero-order valence-electron chi connectivity index (χ0n) is 6.94. The van der Waals surface area contributed by atoms with Crippen molar-refractivity contribution in [3.8, 4) is 17.2 Å². The van der Waals surface area contributed by atoms with Crippen molar-refractivity contribution in [2.24, 2.45) is 0 Å². The molecule has 13 heavy (non-hydrogen) atoms. The van der Waals surface area contributed by atoms with Crippen LogP contribution in [0.15, 0.2) is 22.8 Å². The van der Waals surface area contributed by atoms with E-state index in [1.165, 1.54) is 19.4 Å². The number of fused-ring (bicyclic) bond motifs is 1. The fourth-order valence-electron chi connectivity index (χ4n) is 1.25. The first-order chi connectivity index (χ1) is 6.24. The lowest BCUT2D eigenvalue weighted by Gasteiger charge is -2.02. The van der Waals surface area contributed by atoms with E-state index in [4.69, 9.17) is 9.15 Å². The summed E-state index contributed by atoms with van der Waals surface area (Å²) in [5, 5.41) is 19.2. The van der Waals surface area contributed by atoms with Crippen LogP contribution in [0.3, 0.4) is 0 Å². The van der Waals surface area contributed by atoms with Gasteiger partial charge in [0.2, 0.25) is 5.75 Å². The van der Waals surface area contributed by atoms with Gasteiger partial charge in [0.1, 0.15) is 6.26 Å². The third-order valence-electron chi connectivity index (χ3n) is 1.86. The third-order valence-corrected chi connectivity index (χ3v) is 1.86. The molecule has 0 spiro atoms. The van der Waals surface area contributed by atoms with Gasteiger partial charge in [0, 0.05) is 0 Å². The van der Waals surface area contributed by atoms with Crippen LogP contribution in [0.4, 0.5) is 0 Å². The van der Waals surface area contributed by atoms with Crippen LogP contribution < -0.4 is 4.74 Å².